The molecule has 0 N–H and O–H groups in total. The average Bonchev–Trinajstić information content (AvgIpc) is 3.10. The Morgan fingerprint density at radius 1 is 0.396 bits per heavy atom. The molecular weight excluding hydrogens is 608 g/mol. The first kappa shape index (κ1) is 40.5. The predicted molar refractivity (Wildman–Crippen MR) is 190 cm³/mol. The van der Waals surface area contributed by atoms with Crippen LogP contribution in [0, 0.1) is 0 Å². The van der Waals surface area contributed by atoms with Gasteiger partial charge in [-0.1, -0.05) is 129 Å². The third kappa shape index (κ3) is 13.8. The molecule has 0 fully saturated rings. The fraction of sp³-hybridized carbons (Fsp3) is 0.600. The van der Waals surface area contributed by atoms with Gasteiger partial charge in [0.15, 0.2) is 0 Å². The molecule has 0 saturated heterocycles. The second-order valence-corrected chi connectivity index (χ2v) is 12.2. The van der Waals surface area contributed by atoms with Gasteiger partial charge in [0.25, 0.3) is 0 Å². The summed E-state index contributed by atoms with van der Waals surface area (Å²) in [5, 5.41) is 0. The van der Waals surface area contributed by atoms with Crippen LogP contribution in [0.5, 0.6) is 0 Å². The topological polar surface area (TPSA) is 105 Å². The van der Waals surface area contributed by atoms with Crippen LogP contribution in [0.15, 0.2) is 36.4 Å². The standard InChI is InChI=1S/C40H58O8/c1-5-9-13-15-17-19-29-46-38(42)34-26-22-24-32(36(34)40(44)48-30-20-18-16-14-10-6-2)31-23-21-25-33(37(41)45-27-11-7-3)35(31)39(43)47-28-12-8-4/h21-26H,5-20,27-30H2,1-4H3. The average molecular weight is 667 g/mol. The molecule has 48 heavy (non-hydrogen) atoms. The fourth-order valence-corrected chi connectivity index (χ4v) is 5.35. The van der Waals surface area contributed by atoms with Crippen molar-refractivity contribution in [1.29, 1.82) is 0 Å². The predicted octanol–water partition coefficient (Wildman–Crippen LogP) is 10.3. The molecule has 266 valence electrons. The largest absolute Gasteiger partial charge is 0.462 e. The molecule has 0 spiro atoms. The van der Waals surface area contributed by atoms with Gasteiger partial charge in [0.2, 0.25) is 0 Å². The van der Waals surface area contributed by atoms with Crippen molar-refractivity contribution >= 4 is 23.9 Å². The third-order valence-electron chi connectivity index (χ3n) is 8.19. The minimum Gasteiger partial charge on any atom is -0.462 e. The minimum atomic E-state index is -0.705. The van der Waals surface area contributed by atoms with E-state index < -0.39 is 23.9 Å². The summed E-state index contributed by atoms with van der Waals surface area (Å²) in [6, 6.07) is 9.61. The van der Waals surface area contributed by atoms with Crippen LogP contribution in [0.2, 0.25) is 0 Å². The zero-order chi connectivity index (χ0) is 35.0. The maximum absolute atomic E-state index is 13.8. The van der Waals surface area contributed by atoms with Crippen LogP contribution in [0.25, 0.3) is 11.1 Å². The molecule has 8 heteroatoms. The van der Waals surface area contributed by atoms with Crippen LogP contribution in [0.1, 0.15) is 172 Å². The lowest BCUT2D eigenvalue weighted by Crippen LogP contribution is -2.19. The van der Waals surface area contributed by atoms with Crippen molar-refractivity contribution in [3.63, 3.8) is 0 Å². The normalized spacial score (nSPS) is 10.8. The first-order chi connectivity index (χ1) is 23.4. The van der Waals surface area contributed by atoms with E-state index in [1.165, 1.54) is 25.0 Å². The Bertz CT molecular complexity index is 1270. The van der Waals surface area contributed by atoms with Gasteiger partial charge in [-0.3, -0.25) is 0 Å². The molecule has 0 bridgehead atoms. The van der Waals surface area contributed by atoms with Crippen LogP contribution in [-0.4, -0.2) is 50.3 Å². The van der Waals surface area contributed by atoms with Crippen molar-refractivity contribution in [3.8, 4) is 11.1 Å². The maximum Gasteiger partial charge on any atom is 0.339 e. The minimum absolute atomic E-state index is 0.00413. The van der Waals surface area contributed by atoms with E-state index in [4.69, 9.17) is 18.9 Å². The van der Waals surface area contributed by atoms with Gasteiger partial charge in [0.05, 0.1) is 48.7 Å². The molecule has 0 unspecified atom stereocenters. The highest BCUT2D eigenvalue weighted by Crippen LogP contribution is 2.33. The van der Waals surface area contributed by atoms with Gasteiger partial charge in [-0.05, 0) is 48.9 Å². The summed E-state index contributed by atoms with van der Waals surface area (Å²) >= 11 is 0. The number of ether oxygens (including phenoxy) is 4. The molecule has 8 nitrogen and oxygen atoms in total. The molecule has 0 aliphatic heterocycles. The molecule has 2 aromatic rings. The number of carbonyl (C=O) groups is 4. The highest BCUT2D eigenvalue weighted by atomic mass is 16.5. The van der Waals surface area contributed by atoms with E-state index >= 15 is 0 Å². The Labute approximate surface area is 288 Å². The SMILES string of the molecule is CCCCCCCCOC(=O)c1cccc(-c2cccc(C(=O)OCCCC)c2C(=O)OCCCC)c1C(=O)OCCCCCCCC. The van der Waals surface area contributed by atoms with E-state index in [-0.39, 0.29) is 59.8 Å². The van der Waals surface area contributed by atoms with Gasteiger partial charge in [0.1, 0.15) is 0 Å². The first-order valence-electron chi connectivity index (χ1n) is 18.4. The Kier molecular flexibility index (Phi) is 20.6. The molecule has 0 heterocycles. The van der Waals surface area contributed by atoms with E-state index in [1.807, 2.05) is 13.8 Å². The number of rotatable bonds is 25. The van der Waals surface area contributed by atoms with E-state index in [0.29, 0.717) is 19.3 Å². The van der Waals surface area contributed by atoms with Crippen molar-refractivity contribution in [1.82, 2.24) is 0 Å². The Balaban J connectivity index is 2.52. The second-order valence-electron chi connectivity index (χ2n) is 12.2. The van der Waals surface area contributed by atoms with Crippen LogP contribution < -0.4 is 0 Å². The van der Waals surface area contributed by atoms with E-state index in [1.54, 1.807) is 24.3 Å². The van der Waals surface area contributed by atoms with E-state index in [2.05, 4.69) is 13.8 Å². The smallest absolute Gasteiger partial charge is 0.339 e. The molecule has 0 aromatic heterocycles. The monoisotopic (exact) mass is 666 g/mol. The number of benzene rings is 2. The zero-order valence-electron chi connectivity index (χ0n) is 29.9. The molecule has 0 aliphatic rings. The molecule has 0 radical (unpaired) electrons. The molecule has 2 rings (SSSR count). The van der Waals surface area contributed by atoms with Gasteiger partial charge in [-0.25, -0.2) is 19.2 Å². The van der Waals surface area contributed by atoms with Gasteiger partial charge >= 0.3 is 23.9 Å². The Hall–Kier alpha value is -3.68. The van der Waals surface area contributed by atoms with Gasteiger partial charge in [0, 0.05) is 0 Å². The summed E-state index contributed by atoms with van der Waals surface area (Å²) in [5.74, 6) is -2.69. The van der Waals surface area contributed by atoms with Crippen molar-refractivity contribution in [3.05, 3.63) is 58.7 Å². The van der Waals surface area contributed by atoms with Crippen molar-refractivity contribution in [2.45, 2.75) is 130 Å². The fourth-order valence-electron chi connectivity index (χ4n) is 5.35. The third-order valence-corrected chi connectivity index (χ3v) is 8.19. The van der Waals surface area contributed by atoms with Crippen molar-refractivity contribution < 1.29 is 38.1 Å². The molecule has 0 amide bonds. The molecule has 0 saturated carbocycles. The number of carbonyl (C=O) groups excluding carboxylic acids is 4. The highest BCUT2D eigenvalue weighted by Gasteiger charge is 2.29. The van der Waals surface area contributed by atoms with E-state index in [9.17, 15) is 19.2 Å². The summed E-state index contributed by atoms with van der Waals surface area (Å²) in [5.41, 5.74) is 0.620. The molecule has 0 aliphatic carbocycles. The van der Waals surface area contributed by atoms with Crippen molar-refractivity contribution in [2.75, 3.05) is 26.4 Å². The van der Waals surface area contributed by atoms with E-state index in [0.717, 1.165) is 70.6 Å². The molecule has 2 aromatic carbocycles. The van der Waals surface area contributed by atoms with Gasteiger partial charge in [-0.15, -0.1) is 0 Å². The Morgan fingerprint density at radius 3 is 1.08 bits per heavy atom. The Morgan fingerprint density at radius 2 is 0.708 bits per heavy atom. The van der Waals surface area contributed by atoms with Gasteiger partial charge in [-0.2, -0.15) is 0 Å². The lowest BCUT2D eigenvalue weighted by atomic mass is 9.90. The first-order valence-corrected chi connectivity index (χ1v) is 18.4. The summed E-state index contributed by atoms with van der Waals surface area (Å²) in [6.45, 7) is 9.11. The van der Waals surface area contributed by atoms with Gasteiger partial charge < -0.3 is 18.9 Å². The van der Waals surface area contributed by atoms with Crippen LogP contribution in [0.3, 0.4) is 0 Å². The lowest BCUT2D eigenvalue weighted by molar-refractivity contribution is 0.0449. The second kappa shape index (κ2) is 24.5. The zero-order valence-corrected chi connectivity index (χ0v) is 29.9. The molecular formula is C40H58O8. The summed E-state index contributed by atoms with van der Waals surface area (Å²) < 4.78 is 22.5. The summed E-state index contributed by atoms with van der Waals surface area (Å²) in [7, 11) is 0. The summed E-state index contributed by atoms with van der Waals surface area (Å²) in [4.78, 5) is 54.2. The number of unbranched alkanes of at least 4 members (excludes halogenated alkanes) is 12. The number of hydrogen-bond donors (Lipinski definition) is 0. The van der Waals surface area contributed by atoms with Crippen molar-refractivity contribution in [2.24, 2.45) is 0 Å². The lowest BCUT2D eigenvalue weighted by Gasteiger charge is -2.18. The number of hydrogen-bond acceptors (Lipinski definition) is 8. The van der Waals surface area contributed by atoms with Crippen LogP contribution in [0.4, 0.5) is 0 Å². The summed E-state index contributed by atoms with van der Waals surface area (Å²) in [6.07, 6.45) is 15.4. The quantitative estimate of drug-likeness (QED) is 0.0586. The number of esters is 4. The highest BCUT2D eigenvalue weighted by molar-refractivity contribution is 6.12. The molecule has 0 atom stereocenters. The van der Waals surface area contributed by atoms with Crippen LogP contribution >= 0.6 is 0 Å². The maximum atomic E-state index is 13.8. The van der Waals surface area contributed by atoms with Crippen LogP contribution in [-0.2, 0) is 18.9 Å².